The average Bonchev–Trinajstić information content (AvgIpc) is 1.27. The summed E-state index contributed by atoms with van der Waals surface area (Å²) in [6, 6.07) is 0. The van der Waals surface area contributed by atoms with Crippen LogP contribution in [0.3, 0.4) is 0 Å². The first-order chi connectivity index (χ1) is 3.13. The number of hydrogen-bond donors (Lipinski definition) is 2. The van der Waals surface area contributed by atoms with Crippen LogP contribution >= 0.6 is 0 Å². The zero-order valence-corrected chi connectivity index (χ0v) is 3.84. The number of rotatable bonds is 1. The molecule has 50 valence electrons. The fourth-order valence-corrected chi connectivity index (χ4v) is 0.183. The van der Waals surface area contributed by atoms with E-state index in [0.29, 0.717) is 0 Å². The van der Waals surface area contributed by atoms with Crippen molar-refractivity contribution in [2.45, 2.75) is 0 Å². The molecule has 0 aliphatic heterocycles. The number of hydrogen-bond acceptors (Lipinski definition) is 3. The summed E-state index contributed by atoms with van der Waals surface area (Å²) < 4.78 is 20.1. The third kappa shape index (κ3) is 17.7. The van der Waals surface area contributed by atoms with Gasteiger partial charge in [0.05, 0.1) is 0 Å². The fourth-order valence-electron chi connectivity index (χ4n) is 0.0610. The Labute approximate surface area is 114 Å². The first-order valence-corrected chi connectivity index (χ1v) is 2.18. The molecule has 0 aliphatic rings. The quantitative estimate of drug-likeness (QED) is 0.386. The third-order valence-electron chi connectivity index (χ3n) is 0.143. The van der Waals surface area contributed by atoms with E-state index in [4.69, 9.17) is 9.66 Å². The predicted molar refractivity (Wildman–Crippen MR) is 37.0 cm³/mol. The minimum atomic E-state index is -2.70. The molecular weight excluding hydrogens is 204 g/mol. The monoisotopic (exact) mass is 210 g/mol. The summed E-state index contributed by atoms with van der Waals surface area (Å²) in [5.41, 5.74) is 0. The van der Waals surface area contributed by atoms with Crippen LogP contribution in [-0.2, 0) is 15.5 Å². The van der Waals surface area contributed by atoms with E-state index in [1.807, 2.05) is 0 Å². The molecule has 0 aliphatic carbocycles. The van der Waals surface area contributed by atoms with Crippen LogP contribution in [0.2, 0.25) is 0 Å². The summed E-state index contributed by atoms with van der Waals surface area (Å²) in [5.74, 6) is 0. The Hall–Kier alpha value is 1.90. The van der Waals surface area contributed by atoms with E-state index < -0.39 is 17.5 Å². The van der Waals surface area contributed by atoms with Crippen LogP contribution in [0.5, 0.6) is 0 Å². The van der Waals surface area contributed by atoms with Gasteiger partial charge in [0, 0.05) is 0 Å². The molecule has 5 nitrogen and oxygen atoms in total. The van der Waals surface area contributed by atoms with E-state index in [0.717, 1.165) is 0 Å². The Morgan fingerprint density at radius 3 is 1.78 bits per heavy atom. The SMILES string of the molecule is O=C(O)OS(=O)O.[CaH2].[CaH2]. The summed E-state index contributed by atoms with van der Waals surface area (Å²) in [7, 11) is 0. The van der Waals surface area contributed by atoms with Gasteiger partial charge in [-0.15, -0.1) is 0 Å². The Balaban J connectivity index is -0.000000180. The first-order valence-electron chi connectivity index (χ1n) is 1.15. The summed E-state index contributed by atoms with van der Waals surface area (Å²) >= 11 is -2.70. The van der Waals surface area contributed by atoms with Gasteiger partial charge < -0.3 is 9.29 Å². The third-order valence-corrected chi connectivity index (χ3v) is 0.428. The van der Waals surface area contributed by atoms with Gasteiger partial charge in [0.1, 0.15) is 0 Å². The summed E-state index contributed by atoms with van der Waals surface area (Å²) in [4.78, 5) is 9.23. The topological polar surface area (TPSA) is 83.8 Å². The fraction of sp³-hybridized carbons (Fsp3) is 0. The van der Waals surface area contributed by atoms with Gasteiger partial charge in [-0.2, -0.15) is 4.21 Å². The molecule has 0 saturated carbocycles. The van der Waals surface area contributed by atoms with Crippen LogP contribution in [0.15, 0.2) is 0 Å². The maximum atomic E-state index is 9.32. The van der Waals surface area contributed by atoms with E-state index in [1.54, 1.807) is 0 Å². The van der Waals surface area contributed by atoms with Crippen LogP contribution in [0.4, 0.5) is 4.79 Å². The zero-order valence-electron chi connectivity index (χ0n) is 3.03. The molecule has 0 aromatic carbocycles. The first kappa shape index (κ1) is 17.1. The molecule has 0 rings (SSSR count). The predicted octanol–water partition coefficient (Wildman–Crippen LogP) is -2.01. The standard InChI is InChI=1S/CH2O5S.2Ca.4H/c2-1(3)6-7(4)5;;;;;;/h(H,2,3)(H,4,5);;;;;;. The molecule has 1 unspecified atom stereocenters. The molecule has 8 heteroatoms. The van der Waals surface area contributed by atoms with Crippen molar-refractivity contribution in [3.05, 3.63) is 0 Å². The van der Waals surface area contributed by atoms with Gasteiger partial charge in [0.25, 0.3) is 0 Å². The van der Waals surface area contributed by atoms with Gasteiger partial charge in [-0.25, -0.2) is 4.79 Å². The average molecular weight is 210 g/mol. The Morgan fingerprint density at radius 1 is 1.44 bits per heavy atom. The molecule has 0 fully saturated rings. The zero-order chi connectivity index (χ0) is 5.86. The van der Waals surface area contributed by atoms with Gasteiger partial charge in [-0.05, 0) is 0 Å². The van der Waals surface area contributed by atoms with Gasteiger partial charge in [0.2, 0.25) is 0 Å². The van der Waals surface area contributed by atoms with Crippen molar-refractivity contribution in [1.29, 1.82) is 0 Å². The normalized spacial score (nSPS) is 9.89. The van der Waals surface area contributed by atoms with E-state index in [1.165, 1.54) is 0 Å². The van der Waals surface area contributed by atoms with E-state index in [9.17, 15) is 9.00 Å². The second-order valence-corrected chi connectivity index (χ2v) is 1.17. The molecule has 0 radical (unpaired) electrons. The maximum absolute atomic E-state index is 9.32. The molecule has 1 atom stereocenters. The molecule has 0 aromatic rings. The number of carbonyl (C=O) groups is 1. The molecule has 0 amide bonds. The van der Waals surface area contributed by atoms with Crippen LogP contribution in [0, 0.1) is 0 Å². The van der Waals surface area contributed by atoms with E-state index >= 15 is 0 Å². The van der Waals surface area contributed by atoms with Crippen molar-refractivity contribution in [1.82, 2.24) is 0 Å². The molecule has 0 heterocycles. The van der Waals surface area contributed by atoms with Crippen molar-refractivity contribution in [2.24, 2.45) is 0 Å². The molecule has 2 N–H and O–H groups in total. The van der Waals surface area contributed by atoms with Crippen LogP contribution in [0.25, 0.3) is 0 Å². The minimum absolute atomic E-state index is 0. The van der Waals surface area contributed by atoms with E-state index in [-0.39, 0.29) is 75.5 Å². The Bertz CT molecular complexity index is 91.1. The van der Waals surface area contributed by atoms with Crippen LogP contribution in [-0.4, -0.2) is 95.5 Å². The van der Waals surface area contributed by atoms with Crippen molar-refractivity contribution in [3.63, 3.8) is 0 Å². The van der Waals surface area contributed by atoms with Gasteiger partial charge in [0.15, 0.2) is 0 Å². The van der Waals surface area contributed by atoms with Gasteiger partial charge in [-0.3, -0.25) is 4.55 Å². The van der Waals surface area contributed by atoms with Crippen LogP contribution in [0.1, 0.15) is 0 Å². The van der Waals surface area contributed by atoms with Gasteiger partial charge >= 0.3 is 93.0 Å². The molecule has 9 heavy (non-hydrogen) atoms. The Morgan fingerprint density at radius 2 is 1.78 bits per heavy atom. The van der Waals surface area contributed by atoms with Gasteiger partial charge in [-0.1, -0.05) is 0 Å². The molecular formula is CH6Ca2O5S. The van der Waals surface area contributed by atoms with E-state index in [2.05, 4.69) is 4.18 Å². The molecule has 0 spiro atoms. The summed E-state index contributed by atoms with van der Waals surface area (Å²) in [6.45, 7) is 0. The summed E-state index contributed by atoms with van der Waals surface area (Å²) in [5, 5.41) is 7.51. The molecule has 0 saturated heterocycles. The summed E-state index contributed by atoms with van der Waals surface area (Å²) in [6.07, 6.45) is -1.76. The van der Waals surface area contributed by atoms with Crippen molar-refractivity contribution in [2.75, 3.05) is 0 Å². The van der Waals surface area contributed by atoms with Crippen LogP contribution < -0.4 is 0 Å². The second kappa shape index (κ2) is 9.90. The van der Waals surface area contributed by atoms with Crippen molar-refractivity contribution >= 4 is 93.0 Å². The van der Waals surface area contributed by atoms with Crippen molar-refractivity contribution in [3.8, 4) is 0 Å². The molecule has 0 bridgehead atoms. The Kier molecular flexibility index (Phi) is 18.8. The van der Waals surface area contributed by atoms with Crippen molar-refractivity contribution < 1.29 is 22.8 Å². The second-order valence-electron chi connectivity index (χ2n) is 0.566. The number of carboxylic acid groups (broad SMARTS) is 1. The molecule has 0 aromatic heterocycles.